The molecule has 2 rings (SSSR count). The zero-order chi connectivity index (χ0) is 13.7. The summed E-state index contributed by atoms with van der Waals surface area (Å²) in [6.07, 6.45) is 5.79. The van der Waals surface area contributed by atoms with E-state index in [2.05, 4.69) is 43.0 Å². The minimum atomic E-state index is -0.344. The highest BCUT2D eigenvalue weighted by atomic mass is 16.3. The molecule has 19 heavy (non-hydrogen) atoms. The first-order valence-electron chi connectivity index (χ1n) is 7.75. The third-order valence-corrected chi connectivity index (χ3v) is 4.04. The van der Waals surface area contributed by atoms with E-state index >= 15 is 0 Å². The van der Waals surface area contributed by atoms with E-state index < -0.39 is 0 Å². The Bertz CT molecular complexity index is 369. The first-order valence-corrected chi connectivity index (χ1v) is 7.75. The molecule has 0 amide bonds. The summed E-state index contributed by atoms with van der Waals surface area (Å²) in [6.45, 7) is 6.30. The fourth-order valence-corrected chi connectivity index (χ4v) is 2.53. The van der Waals surface area contributed by atoms with Crippen LogP contribution in [0.2, 0.25) is 0 Å². The standard InChI is InChI=1S/C17H27NO/c1-3-5-12-18(16-10-11-16)13-17(19)15-8-6-14(4-2)7-9-15/h6-9,16-17,19H,3-5,10-13H2,1-2H3. The van der Waals surface area contributed by atoms with Gasteiger partial charge in [0.1, 0.15) is 0 Å². The number of benzene rings is 1. The maximum Gasteiger partial charge on any atom is 0.0917 e. The van der Waals surface area contributed by atoms with Crippen molar-refractivity contribution in [3.8, 4) is 0 Å². The van der Waals surface area contributed by atoms with Gasteiger partial charge in [-0.2, -0.15) is 0 Å². The Labute approximate surface area is 117 Å². The van der Waals surface area contributed by atoms with Crippen molar-refractivity contribution in [1.29, 1.82) is 0 Å². The molecule has 1 aliphatic carbocycles. The minimum absolute atomic E-state index is 0.344. The Hall–Kier alpha value is -0.860. The van der Waals surface area contributed by atoms with Gasteiger partial charge in [-0.3, -0.25) is 4.90 Å². The van der Waals surface area contributed by atoms with Gasteiger partial charge in [-0.05, 0) is 43.4 Å². The SMILES string of the molecule is CCCCN(CC(O)c1ccc(CC)cc1)C1CC1. The minimum Gasteiger partial charge on any atom is -0.387 e. The molecule has 0 saturated heterocycles. The van der Waals surface area contributed by atoms with Crippen molar-refractivity contribution in [3.05, 3.63) is 35.4 Å². The lowest BCUT2D eigenvalue weighted by atomic mass is 10.1. The molecule has 1 N–H and O–H groups in total. The fraction of sp³-hybridized carbons (Fsp3) is 0.647. The maximum atomic E-state index is 10.4. The predicted molar refractivity (Wildman–Crippen MR) is 80.3 cm³/mol. The second kappa shape index (κ2) is 7.06. The average molecular weight is 261 g/mol. The van der Waals surface area contributed by atoms with E-state index in [1.54, 1.807) is 0 Å². The van der Waals surface area contributed by atoms with Crippen LogP contribution in [0.3, 0.4) is 0 Å². The summed E-state index contributed by atoms with van der Waals surface area (Å²) in [5.74, 6) is 0. The topological polar surface area (TPSA) is 23.5 Å². The number of aliphatic hydroxyl groups excluding tert-OH is 1. The summed E-state index contributed by atoms with van der Waals surface area (Å²) in [5, 5.41) is 10.4. The third kappa shape index (κ3) is 4.32. The first-order chi connectivity index (χ1) is 9.24. The number of aryl methyl sites for hydroxylation is 1. The number of unbranched alkanes of at least 4 members (excludes halogenated alkanes) is 1. The summed E-state index contributed by atoms with van der Waals surface area (Å²) >= 11 is 0. The van der Waals surface area contributed by atoms with Gasteiger partial charge < -0.3 is 5.11 Å². The van der Waals surface area contributed by atoms with Crippen LogP contribution < -0.4 is 0 Å². The molecular formula is C17H27NO. The van der Waals surface area contributed by atoms with Crippen molar-refractivity contribution in [2.45, 2.75) is 58.1 Å². The monoisotopic (exact) mass is 261 g/mol. The van der Waals surface area contributed by atoms with Crippen LogP contribution in [0.4, 0.5) is 0 Å². The molecule has 0 radical (unpaired) electrons. The van der Waals surface area contributed by atoms with Crippen LogP contribution in [0.15, 0.2) is 24.3 Å². The summed E-state index contributed by atoms with van der Waals surface area (Å²) in [6, 6.07) is 9.15. The van der Waals surface area contributed by atoms with Crippen LogP contribution in [0.5, 0.6) is 0 Å². The van der Waals surface area contributed by atoms with Crippen LogP contribution >= 0.6 is 0 Å². The van der Waals surface area contributed by atoms with Crippen molar-refractivity contribution in [1.82, 2.24) is 4.90 Å². The van der Waals surface area contributed by atoms with E-state index in [-0.39, 0.29) is 6.10 Å². The molecule has 0 aromatic heterocycles. The molecule has 0 spiro atoms. The van der Waals surface area contributed by atoms with Crippen LogP contribution in [0.1, 0.15) is 56.8 Å². The quantitative estimate of drug-likeness (QED) is 0.773. The van der Waals surface area contributed by atoms with E-state index in [1.807, 2.05) is 0 Å². The number of aliphatic hydroxyl groups is 1. The van der Waals surface area contributed by atoms with E-state index in [1.165, 1.54) is 31.2 Å². The highest BCUT2D eigenvalue weighted by Gasteiger charge is 2.29. The predicted octanol–water partition coefficient (Wildman–Crippen LogP) is 3.55. The van der Waals surface area contributed by atoms with Crippen LogP contribution in [0, 0.1) is 0 Å². The van der Waals surface area contributed by atoms with Gasteiger partial charge in [-0.15, -0.1) is 0 Å². The average Bonchev–Trinajstić information content (AvgIpc) is 3.28. The Morgan fingerprint density at radius 1 is 1.21 bits per heavy atom. The maximum absolute atomic E-state index is 10.4. The van der Waals surface area contributed by atoms with Crippen molar-refractivity contribution in [3.63, 3.8) is 0 Å². The van der Waals surface area contributed by atoms with Crippen molar-refractivity contribution < 1.29 is 5.11 Å². The number of rotatable bonds is 8. The van der Waals surface area contributed by atoms with E-state index in [9.17, 15) is 5.11 Å². The van der Waals surface area contributed by atoms with E-state index in [4.69, 9.17) is 0 Å². The number of nitrogens with zero attached hydrogens (tertiary/aromatic N) is 1. The van der Waals surface area contributed by atoms with Crippen molar-refractivity contribution in [2.75, 3.05) is 13.1 Å². The zero-order valence-electron chi connectivity index (χ0n) is 12.3. The summed E-state index contributed by atoms with van der Waals surface area (Å²) in [5.41, 5.74) is 2.39. The van der Waals surface area contributed by atoms with Crippen LogP contribution in [0.25, 0.3) is 0 Å². The molecule has 2 nitrogen and oxygen atoms in total. The molecule has 106 valence electrons. The van der Waals surface area contributed by atoms with Gasteiger partial charge >= 0.3 is 0 Å². The van der Waals surface area contributed by atoms with Gasteiger partial charge in [0.05, 0.1) is 6.10 Å². The van der Waals surface area contributed by atoms with Crippen molar-refractivity contribution >= 4 is 0 Å². The fourth-order valence-electron chi connectivity index (χ4n) is 2.53. The molecular weight excluding hydrogens is 234 g/mol. The molecule has 1 aromatic rings. The summed E-state index contributed by atoms with van der Waals surface area (Å²) < 4.78 is 0. The lowest BCUT2D eigenvalue weighted by Crippen LogP contribution is -2.31. The second-order valence-corrected chi connectivity index (χ2v) is 5.69. The lowest BCUT2D eigenvalue weighted by molar-refractivity contribution is 0.107. The van der Waals surface area contributed by atoms with Gasteiger partial charge in [0.15, 0.2) is 0 Å². The number of hydrogen-bond donors (Lipinski definition) is 1. The van der Waals surface area contributed by atoms with Gasteiger partial charge in [-0.1, -0.05) is 44.5 Å². The Morgan fingerprint density at radius 3 is 2.42 bits per heavy atom. The molecule has 1 unspecified atom stereocenters. The van der Waals surface area contributed by atoms with Crippen LogP contribution in [-0.4, -0.2) is 29.1 Å². The molecule has 0 aliphatic heterocycles. The largest absolute Gasteiger partial charge is 0.387 e. The molecule has 2 heteroatoms. The van der Waals surface area contributed by atoms with Gasteiger partial charge in [0.2, 0.25) is 0 Å². The molecule has 0 heterocycles. The lowest BCUT2D eigenvalue weighted by Gasteiger charge is -2.25. The molecule has 1 fully saturated rings. The third-order valence-electron chi connectivity index (χ3n) is 4.04. The molecule has 1 atom stereocenters. The highest BCUT2D eigenvalue weighted by Crippen LogP contribution is 2.29. The molecule has 1 saturated carbocycles. The van der Waals surface area contributed by atoms with E-state index in [0.29, 0.717) is 0 Å². The Balaban J connectivity index is 1.91. The zero-order valence-corrected chi connectivity index (χ0v) is 12.3. The van der Waals surface area contributed by atoms with E-state index in [0.717, 1.165) is 31.1 Å². The first kappa shape index (κ1) is 14.5. The second-order valence-electron chi connectivity index (χ2n) is 5.69. The molecule has 1 aliphatic rings. The Morgan fingerprint density at radius 2 is 1.89 bits per heavy atom. The smallest absolute Gasteiger partial charge is 0.0917 e. The Kier molecular flexibility index (Phi) is 5.41. The van der Waals surface area contributed by atoms with Crippen molar-refractivity contribution in [2.24, 2.45) is 0 Å². The normalized spacial score (nSPS) is 16.8. The van der Waals surface area contributed by atoms with Gasteiger partial charge in [0.25, 0.3) is 0 Å². The summed E-state index contributed by atoms with van der Waals surface area (Å²) in [4.78, 5) is 2.47. The molecule has 1 aromatic carbocycles. The van der Waals surface area contributed by atoms with Gasteiger partial charge in [0, 0.05) is 12.6 Å². The molecule has 0 bridgehead atoms. The highest BCUT2D eigenvalue weighted by molar-refractivity contribution is 5.24. The van der Waals surface area contributed by atoms with Crippen LogP contribution in [-0.2, 0) is 6.42 Å². The van der Waals surface area contributed by atoms with Gasteiger partial charge in [-0.25, -0.2) is 0 Å². The number of hydrogen-bond acceptors (Lipinski definition) is 2. The summed E-state index contributed by atoms with van der Waals surface area (Å²) in [7, 11) is 0.